The topological polar surface area (TPSA) is 247 Å². The molecule has 0 saturated carbocycles. The van der Waals surface area contributed by atoms with Crippen molar-refractivity contribution < 1.29 is 48.6 Å². The van der Waals surface area contributed by atoms with Crippen LogP contribution in [-0.2, 0) is 30.4 Å². The normalized spacial score (nSPS) is 12.0. The van der Waals surface area contributed by atoms with Crippen LogP contribution in [0.5, 0.6) is 0 Å². The quantitative estimate of drug-likeness (QED) is 0.121. The summed E-state index contributed by atoms with van der Waals surface area (Å²) in [5, 5.41) is 14.3. The molecule has 3 rings (SSSR count). The number of carbonyl (C=O) groups is 1. The first-order chi connectivity index (χ1) is 16.4. The van der Waals surface area contributed by atoms with E-state index in [2.05, 4.69) is 10.6 Å². The van der Waals surface area contributed by atoms with Crippen LogP contribution in [-0.4, -0.2) is 79.4 Å². The summed E-state index contributed by atoms with van der Waals surface area (Å²) in [4.78, 5) is 20.0. The fraction of sp³-hybridized carbons (Fsp3) is 0.0556. The number of nitro groups is 1. The van der Waals surface area contributed by atoms with Crippen molar-refractivity contribution in [3.8, 4) is 0 Å². The van der Waals surface area contributed by atoms with Crippen LogP contribution >= 0.6 is 0 Å². The Morgan fingerprint density at radius 3 is 1.81 bits per heavy atom. The van der Waals surface area contributed by atoms with Gasteiger partial charge in [-0.2, -0.15) is 25.3 Å². The molecule has 2 amide bonds. The number of urea groups is 1. The number of rotatable bonds is 6. The van der Waals surface area contributed by atoms with Crippen molar-refractivity contribution in [1.82, 2.24) is 0 Å². The van der Waals surface area contributed by atoms with Gasteiger partial charge in [-0.05, 0) is 48.2 Å². The van der Waals surface area contributed by atoms with E-state index in [9.17, 15) is 53.8 Å². The molecular weight excluding hydrogens is 569 g/mol. The van der Waals surface area contributed by atoms with Crippen LogP contribution in [0.2, 0.25) is 0 Å². The van der Waals surface area contributed by atoms with Gasteiger partial charge in [-0.1, -0.05) is 6.07 Å². The summed E-state index contributed by atoms with van der Waals surface area (Å²) in [6.07, 6.45) is 0. The van der Waals surface area contributed by atoms with Gasteiger partial charge < -0.3 is 10.6 Å². The van der Waals surface area contributed by atoms with Crippen molar-refractivity contribution in [2.24, 2.45) is 0 Å². The Hall–Kier alpha value is -2.68. The van der Waals surface area contributed by atoms with Gasteiger partial charge in [0.15, 0.2) is 0 Å². The molecule has 0 aliphatic heterocycles. The van der Waals surface area contributed by atoms with E-state index in [1.165, 1.54) is 12.1 Å². The number of hydrogen-bond acceptors (Lipinski definition) is 9. The molecule has 0 heterocycles. The first-order valence-corrected chi connectivity index (χ1v) is 13.6. The Kier molecular flexibility index (Phi) is 8.74. The number of anilines is 2. The summed E-state index contributed by atoms with van der Waals surface area (Å²) >= 11 is 0. The SMILES string of the molecule is Cc1ccc(NC(=O)Nc2cc(S(=O)(=O)O)cc3cc(S(=O)(=O)O)cc(S(=O)(=O)O)c23)c([N+](=O)[O-])c1.[Na]. The summed E-state index contributed by atoms with van der Waals surface area (Å²) in [5.41, 5.74) is -0.964. The maximum atomic E-state index is 12.6. The van der Waals surface area contributed by atoms with Crippen molar-refractivity contribution in [2.45, 2.75) is 21.6 Å². The zero-order valence-electron chi connectivity index (χ0n) is 18.7. The molecule has 0 aliphatic rings. The molecule has 193 valence electrons. The third-order valence-corrected chi connectivity index (χ3v) is 7.22. The molecule has 5 N–H and O–H groups in total. The second kappa shape index (κ2) is 10.6. The molecule has 0 aromatic heterocycles. The number of hydrogen-bond donors (Lipinski definition) is 5. The molecule has 3 aromatic carbocycles. The third-order valence-electron chi connectivity index (χ3n) is 4.68. The fourth-order valence-electron chi connectivity index (χ4n) is 3.20. The van der Waals surface area contributed by atoms with Crippen molar-refractivity contribution in [1.29, 1.82) is 0 Å². The molecular formula is C18H15N3NaO12S3. The number of fused-ring (bicyclic) bond motifs is 1. The number of aryl methyl sites for hydroxylation is 1. The van der Waals surface area contributed by atoms with E-state index in [0.29, 0.717) is 29.8 Å². The minimum Gasteiger partial charge on any atom is -0.307 e. The number of nitro benzene ring substituents is 1. The van der Waals surface area contributed by atoms with Crippen LogP contribution in [0, 0.1) is 17.0 Å². The molecule has 0 unspecified atom stereocenters. The second-order valence-electron chi connectivity index (χ2n) is 7.27. The van der Waals surface area contributed by atoms with Crippen molar-refractivity contribution in [3.63, 3.8) is 0 Å². The maximum Gasteiger partial charge on any atom is 0.323 e. The molecule has 0 fully saturated rings. The van der Waals surface area contributed by atoms with Gasteiger partial charge in [0.1, 0.15) is 10.6 Å². The van der Waals surface area contributed by atoms with Gasteiger partial charge in [0.05, 0.1) is 20.4 Å². The summed E-state index contributed by atoms with van der Waals surface area (Å²) in [6, 6.07) is 4.75. The molecule has 1 radical (unpaired) electrons. The van der Waals surface area contributed by atoms with E-state index in [-0.39, 0.29) is 35.2 Å². The Morgan fingerprint density at radius 1 is 0.811 bits per heavy atom. The molecule has 0 saturated heterocycles. The largest absolute Gasteiger partial charge is 0.323 e. The molecule has 37 heavy (non-hydrogen) atoms. The average molecular weight is 585 g/mol. The van der Waals surface area contributed by atoms with Crippen molar-refractivity contribution >= 4 is 93.8 Å². The molecule has 19 heteroatoms. The monoisotopic (exact) mass is 584 g/mol. The molecule has 0 atom stereocenters. The summed E-state index contributed by atoms with van der Waals surface area (Å²) in [7, 11) is -15.3. The van der Waals surface area contributed by atoms with E-state index in [1.807, 2.05) is 0 Å². The van der Waals surface area contributed by atoms with Gasteiger partial charge in [-0.3, -0.25) is 23.8 Å². The third kappa shape index (κ3) is 7.00. The summed E-state index contributed by atoms with van der Waals surface area (Å²) in [6.45, 7) is 1.56. The Bertz CT molecular complexity index is 1770. The second-order valence-corrected chi connectivity index (χ2v) is 11.5. The zero-order valence-corrected chi connectivity index (χ0v) is 23.2. The number of carbonyl (C=O) groups excluding carboxylic acids is 1. The Labute approximate surface area is 231 Å². The average Bonchev–Trinajstić information content (AvgIpc) is 2.71. The van der Waals surface area contributed by atoms with Gasteiger partial charge in [-0.15, -0.1) is 0 Å². The predicted octanol–water partition coefficient (Wildman–Crippen LogP) is 2.06. The Morgan fingerprint density at radius 2 is 1.32 bits per heavy atom. The number of nitrogens with zero attached hydrogens (tertiary/aromatic N) is 1. The summed E-state index contributed by atoms with van der Waals surface area (Å²) in [5.74, 6) is 0. The van der Waals surface area contributed by atoms with Crippen LogP contribution in [0.3, 0.4) is 0 Å². The number of nitrogens with one attached hydrogen (secondary N) is 2. The minimum atomic E-state index is -5.25. The van der Waals surface area contributed by atoms with E-state index >= 15 is 0 Å². The van der Waals surface area contributed by atoms with E-state index < -0.39 is 78.1 Å². The smallest absolute Gasteiger partial charge is 0.307 e. The van der Waals surface area contributed by atoms with Crippen LogP contribution < -0.4 is 10.6 Å². The van der Waals surface area contributed by atoms with Crippen LogP contribution in [0.25, 0.3) is 10.8 Å². The van der Waals surface area contributed by atoms with E-state index in [0.717, 1.165) is 6.07 Å². The fourth-order valence-corrected chi connectivity index (χ4v) is 5.12. The minimum absolute atomic E-state index is 0. The van der Waals surface area contributed by atoms with Crippen molar-refractivity contribution in [3.05, 3.63) is 58.1 Å². The van der Waals surface area contributed by atoms with Crippen molar-refractivity contribution in [2.75, 3.05) is 10.6 Å². The molecule has 0 spiro atoms. The standard InChI is InChI=1S/C18H15N3O12S3.Na/c1-9-2-3-13(15(4-9)21(23)24)19-18(22)20-14-7-11(34(25,26)27)5-10-6-12(35(28,29)30)8-16(17(10)14)36(31,32)33;/h2-8H,1H3,(H2,19,20,22)(H,25,26,27)(H,28,29,30)(H,31,32,33);. The zero-order chi connectivity index (χ0) is 27.2. The van der Waals surface area contributed by atoms with Gasteiger partial charge in [0.2, 0.25) is 0 Å². The molecule has 0 aliphatic carbocycles. The predicted molar refractivity (Wildman–Crippen MR) is 130 cm³/mol. The van der Waals surface area contributed by atoms with Gasteiger partial charge in [-0.25, -0.2) is 4.79 Å². The van der Waals surface area contributed by atoms with E-state index in [4.69, 9.17) is 0 Å². The molecule has 0 bridgehead atoms. The summed E-state index contributed by atoms with van der Waals surface area (Å²) < 4.78 is 99.1. The van der Waals surface area contributed by atoms with Gasteiger partial charge in [0, 0.05) is 41.0 Å². The number of amides is 2. The van der Waals surface area contributed by atoms with Crippen LogP contribution in [0.15, 0.2) is 57.2 Å². The first-order valence-electron chi connectivity index (χ1n) is 9.25. The van der Waals surface area contributed by atoms with Gasteiger partial charge >= 0.3 is 6.03 Å². The van der Waals surface area contributed by atoms with Crippen LogP contribution in [0.1, 0.15) is 5.56 Å². The van der Waals surface area contributed by atoms with Gasteiger partial charge in [0.25, 0.3) is 36.0 Å². The molecule has 15 nitrogen and oxygen atoms in total. The number of benzene rings is 3. The Balaban J connectivity index is 0.00000481. The van der Waals surface area contributed by atoms with E-state index in [1.54, 1.807) is 6.92 Å². The van der Waals surface area contributed by atoms with Crippen LogP contribution in [0.4, 0.5) is 21.9 Å². The molecule has 3 aromatic rings. The maximum absolute atomic E-state index is 12.6. The first kappa shape index (κ1) is 30.5.